The molecule has 1 aromatic carbocycles. The van der Waals surface area contributed by atoms with Crippen LogP contribution in [0.5, 0.6) is 5.75 Å². The van der Waals surface area contributed by atoms with Gasteiger partial charge in [-0.1, -0.05) is 26.0 Å². The Morgan fingerprint density at radius 2 is 1.93 bits per heavy atom. The number of piperazine rings is 1. The van der Waals surface area contributed by atoms with E-state index in [9.17, 15) is 4.79 Å². The summed E-state index contributed by atoms with van der Waals surface area (Å²) in [6.07, 6.45) is 0. The van der Waals surface area contributed by atoms with Crippen LogP contribution in [0.25, 0.3) is 0 Å². The van der Waals surface area contributed by atoms with Gasteiger partial charge in [0, 0.05) is 44.2 Å². The lowest BCUT2D eigenvalue weighted by Crippen LogP contribution is -2.54. The molecule has 0 spiro atoms. The largest absolute Gasteiger partial charge is 0.497 e. The van der Waals surface area contributed by atoms with E-state index in [4.69, 9.17) is 9.73 Å². The predicted molar refractivity (Wildman–Crippen MR) is 123 cm³/mol. The molecule has 0 bridgehead atoms. The zero-order chi connectivity index (χ0) is 22.1. The molecular formula is C23H39N5O2. The average Bonchev–Trinajstić information content (AvgIpc) is 2.71. The third-order valence-electron chi connectivity index (χ3n) is 5.30. The number of amides is 1. The van der Waals surface area contributed by atoms with Gasteiger partial charge in [0.2, 0.25) is 5.91 Å². The van der Waals surface area contributed by atoms with Crippen molar-refractivity contribution in [3.63, 3.8) is 0 Å². The second-order valence-corrected chi connectivity index (χ2v) is 8.77. The highest BCUT2D eigenvalue weighted by atomic mass is 16.5. The maximum atomic E-state index is 12.0. The fourth-order valence-corrected chi connectivity index (χ4v) is 3.52. The monoisotopic (exact) mass is 417 g/mol. The van der Waals surface area contributed by atoms with Crippen molar-refractivity contribution in [3.8, 4) is 5.75 Å². The van der Waals surface area contributed by atoms with Crippen LogP contribution < -0.4 is 15.4 Å². The predicted octanol–water partition coefficient (Wildman–Crippen LogP) is 2.08. The Morgan fingerprint density at radius 1 is 1.23 bits per heavy atom. The smallest absolute Gasteiger partial charge is 0.234 e. The van der Waals surface area contributed by atoms with E-state index in [1.807, 2.05) is 26.0 Å². The highest BCUT2D eigenvalue weighted by molar-refractivity contribution is 5.80. The fraction of sp³-hybridized carbons (Fsp3) is 0.652. The van der Waals surface area contributed by atoms with Gasteiger partial charge < -0.3 is 20.3 Å². The Balaban J connectivity index is 1.98. The zero-order valence-corrected chi connectivity index (χ0v) is 19.5. The highest BCUT2D eigenvalue weighted by Gasteiger charge is 2.24. The minimum absolute atomic E-state index is 0.0964. The summed E-state index contributed by atoms with van der Waals surface area (Å²) in [5.74, 6) is 1.91. The van der Waals surface area contributed by atoms with Crippen molar-refractivity contribution < 1.29 is 9.53 Å². The van der Waals surface area contributed by atoms with Crippen LogP contribution in [0, 0.1) is 0 Å². The molecule has 1 saturated heterocycles. The first-order valence-corrected chi connectivity index (χ1v) is 10.9. The van der Waals surface area contributed by atoms with Gasteiger partial charge in [-0.15, -0.1) is 0 Å². The van der Waals surface area contributed by atoms with E-state index in [1.165, 1.54) is 5.56 Å². The van der Waals surface area contributed by atoms with Gasteiger partial charge in [-0.3, -0.25) is 14.7 Å². The van der Waals surface area contributed by atoms with Gasteiger partial charge in [0.15, 0.2) is 5.96 Å². The second kappa shape index (κ2) is 11.2. The number of rotatable bonds is 8. The molecule has 1 heterocycles. The number of nitrogens with one attached hydrogen (secondary N) is 2. The van der Waals surface area contributed by atoms with Crippen molar-refractivity contribution in [2.45, 2.75) is 46.1 Å². The van der Waals surface area contributed by atoms with E-state index in [1.54, 1.807) is 7.11 Å². The standard InChI is InChI=1S/C23H39N5O2/c1-7-24-22(25-17-23(4,5)19-9-8-10-20(15-19)30-6)28-13-11-27(12-14-28)16-21(29)26-18(2)3/h8-10,15,18H,7,11-14,16-17H2,1-6H3,(H,24,25)(H,26,29). The normalized spacial score (nSPS) is 16.0. The Labute approximate surface area is 181 Å². The number of benzene rings is 1. The number of methoxy groups -OCH3 is 1. The summed E-state index contributed by atoms with van der Waals surface area (Å²) >= 11 is 0. The zero-order valence-electron chi connectivity index (χ0n) is 19.5. The Bertz CT molecular complexity index is 709. The van der Waals surface area contributed by atoms with Gasteiger partial charge in [-0.05, 0) is 38.5 Å². The number of nitrogens with zero attached hydrogens (tertiary/aromatic N) is 3. The summed E-state index contributed by atoms with van der Waals surface area (Å²) in [6.45, 7) is 15.9. The van der Waals surface area contributed by atoms with E-state index < -0.39 is 0 Å². The molecule has 7 heteroatoms. The summed E-state index contributed by atoms with van der Waals surface area (Å²) in [7, 11) is 1.69. The molecule has 2 N–H and O–H groups in total. The van der Waals surface area contributed by atoms with E-state index >= 15 is 0 Å². The Hall–Kier alpha value is -2.28. The first kappa shape index (κ1) is 24.0. The van der Waals surface area contributed by atoms with E-state index in [-0.39, 0.29) is 17.4 Å². The first-order valence-electron chi connectivity index (χ1n) is 10.9. The molecule has 7 nitrogen and oxygen atoms in total. The average molecular weight is 418 g/mol. The number of carbonyl (C=O) groups is 1. The number of hydrogen-bond acceptors (Lipinski definition) is 4. The van der Waals surface area contributed by atoms with Crippen LogP contribution in [0.15, 0.2) is 29.3 Å². The van der Waals surface area contributed by atoms with Gasteiger partial charge in [0.05, 0.1) is 20.2 Å². The second-order valence-electron chi connectivity index (χ2n) is 8.77. The van der Waals surface area contributed by atoms with Crippen LogP contribution >= 0.6 is 0 Å². The van der Waals surface area contributed by atoms with Gasteiger partial charge in [0.1, 0.15) is 5.75 Å². The van der Waals surface area contributed by atoms with E-state index in [0.29, 0.717) is 13.1 Å². The molecule has 1 aromatic rings. The van der Waals surface area contributed by atoms with Crippen LogP contribution in [0.3, 0.4) is 0 Å². The number of aliphatic imine (C=N–C) groups is 1. The number of hydrogen-bond donors (Lipinski definition) is 2. The SMILES string of the molecule is CCNC(=NCC(C)(C)c1cccc(OC)c1)N1CCN(CC(=O)NC(C)C)CC1. The topological polar surface area (TPSA) is 69.2 Å². The lowest BCUT2D eigenvalue weighted by molar-refractivity contribution is -0.123. The summed E-state index contributed by atoms with van der Waals surface area (Å²) in [6, 6.07) is 8.39. The lowest BCUT2D eigenvalue weighted by Gasteiger charge is -2.36. The molecule has 1 aliphatic heterocycles. The van der Waals surface area contributed by atoms with Crippen molar-refractivity contribution in [1.29, 1.82) is 0 Å². The minimum Gasteiger partial charge on any atom is -0.497 e. The summed E-state index contributed by atoms with van der Waals surface area (Å²) in [5, 5.41) is 6.40. The molecule has 0 saturated carbocycles. The maximum absolute atomic E-state index is 12.0. The molecule has 0 atom stereocenters. The molecule has 0 radical (unpaired) electrons. The molecule has 1 aliphatic rings. The molecule has 1 fully saturated rings. The third-order valence-corrected chi connectivity index (χ3v) is 5.30. The number of carbonyl (C=O) groups excluding carboxylic acids is 1. The van der Waals surface area contributed by atoms with Crippen LogP contribution in [-0.4, -0.2) is 80.6 Å². The molecule has 0 unspecified atom stereocenters. The maximum Gasteiger partial charge on any atom is 0.234 e. The number of ether oxygens (including phenoxy) is 1. The highest BCUT2D eigenvalue weighted by Crippen LogP contribution is 2.26. The van der Waals surface area contributed by atoms with Crippen molar-refractivity contribution in [2.24, 2.45) is 4.99 Å². The summed E-state index contributed by atoms with van der Waals surface area (Å²) in [5.41, 5.74) is 1.11. The van der Waals surface area contributed by atoms with Crippen molar-refractivity contribution in [1.82, 2.24) is 20.4 Å². The fourth-order valence-electron chi connectivity index (χ4n) is 3.52. The van der Waals surface area contributed by atoms with Gasteiger partial charge in [0.25, 0.3) is 0 Å². The van der Waals surface area contributed by atoms with Crippen LogP contribution in [-0.2, 0) is 10.2 Å². The molecule has 168 valence electrons. The summed E-state index contributed by atoms with van der Waals surface area (Å²) < 4.78 is 5.38. The van der Waals surface area contributed by atoms with Crippen LogP contribution in [0.4, 0.5) is 0 Å². The molecule has 0 aromatic heterocycles. The molecule has 30 heavy (non-hydrogen) atoms. The molecule has 2 rings (SSSR count). The van der Waals surface area contributed by atoms with E-state index in [0.717, 1.165) is 44.4 Å². The van der Waals surface area contributed by atoms with Gasteiger partial charge >= 0.3 is 0 Å². The minimum atomic E-state index is -0.105. The molecule has 0 aliphatic carbocycles. The first-order chi connectivity index (χ1) is 14.2. The Morgan fingerprint density at radius 3 is 2.53 bits per heavy atom. The van der Waals surface area contributed by atoms with Crippen LogP contribution in [0.1, 0.15) is 40.2 Å². The molecule has 1 amide bonds. The Kier molecular flexibility index (Phi) is 8.96. The van der Waals surface area contributed by atoms with Gasteiger partial charge in [-0.25, -0.2) is 0 Å². The summed E-state index contributed by atoms with van der Waals surface area (Å²) in [4.78, 5) is 21.5. The van der Waals surface area contributed by atoms with Gasteiger partial charge in [-0.2, -0.15) is 0 Å². The molecular weight excluding hydrogens is 378 g/mol. The van der Waals surface area contributed by atoms with Crippen molar-refractivity contribution in [2.75, 3.05) is 52.9 Å². The van der Waals surface area contributed by atoms with Crippen molar-refractivity contribution >= 4 is 11.9 Å². The lowest BCUT2D eigenvalue weighted by atomic mass is 9.84. The quantitative estimate of drug-likeness (QED) is 0.501. The van der Waals surface area contributed by atoms with E-state index in [2.05, 4.69) is 53.3 Å². The van der Waals surface area contributed by atoms with Crippen molar-refractivity contribution in [3.05, 3.63) is 29.8 Å². The third kappa shape index (κ3) is 7.20. The van der Waals surface area contributed by atoms with Crippen LogP contribution in [0.2, 0.25) is 0 Å². The number of guanidine groups is 1.